The Bertz CT molecular complexity index is 515. The molecule has 1 aromatic carbocycles. The number of nitrogen functional groups attached to an aromatic ring is 1. The molecule has 0 heterocycles. The standard InChI is InChI=1S/C16H25N3O3/c1-4-7-18-16(21)12-5-6-13(17)14(8-12)22-10-15(20)19-9-11(2)3/h5-6,8,11H,4,7,9-10,17H2,1-3H3,(H,18,21)(H,19,20). The first-order valence-electron chi connectivity index (χ1n) is 7.51. The van der Waals surface area contributed by atoms with Gasteiger partial charge in [-0.15, -0.1) is 0 Å². The minimum absolute atomic E-state index is 0.128. The second-order valence-electron chi connectivity index (χ2n) is 5.50. The minimum atomic E-state index is -0.214. The van der Waals surface area contributed by atoms with Crippen LogP contribution in [-0.4, -0.2) is 31.5 Å². The number of ether oxygens (including phenoxy) is 1. The van der Waals surface area contributed by atoms with E-state index in [9.17, 15) is 9.59 Å². The highest BCUT2D eigenvalue weighted by Crippen LogP contribution is 2.22. The Kier molecular flexibility index (Phi) is 7.22. The van der Waals surface area contributed by atoms with Crippen LogP contribution >= 0.6 is 0 Å². The van der Waals surface area contributed by atoms with Crippen molar-refractivity contribution in [3.63, 3.8) is 0 Å². The summed E-state index contributed by atoms with van der Waals surface area (Å²) in [7, 11) is 0. The number of rotatable bonds is 8. The van der Waals surface area contributed by atoms with Gasteiger partial charge in [-0.3, -0.25) is 9.59 Å². The first kappa shape index (κ1) is 17.8. The van der Waals surface area contributed by atoms with Crippen molar-refractivity contribution in [3.8, 4) is 5.75 Å². The minimum Gasteiger partial charge on any atom is -0.482 e. The van der Waals surface area contributed by atoms with Crippen LogP contribution in [0.3, 0.4) is 0 Å². The first-order valence-corrected chi connectivity index (χ1v) is 7.51. The zero-order valence-electron chi connectivity index (χ0n) is 13.4. The van der Waals surface area contributed by atoms with Crippen LogP contribution in [0.25, 0.3) is 0 Å². The van der Waals surface area contributed by atoms with Gasteiger partial charge in [0.1, 0.15) is 5.75 Å². The van der Waals surface area contributed by atoms with Crippen LogP contribution in [0.1, 0.15) is 37.6 Å². The summed E-state index contributed by atoms with van der Waals surface area (Å²) in [6, 6.07) is 4.78. The molecule has 0 aromatic heterocycles. The molecule has 6 heteroatoms. The number of amides is 2. The summed E-state index contributed by atoms with van der Waals surface area (Å²) >= 11 is 0. The highest BCUT2D eigenvalue weighted by molar-refractivity contribution is 5.95. The largest absolute Gasteiger partial charge is 0.482 e. The molecule has 0 radical (unpaired) electrons. The summed E-state index contributed by atoms with van der Waals surface area (Å²) in [5, 5.41) is 5.53. The Balaban J connectivity index is 2.62. The molecule has 0 aliphatic carbocycles. The maximum Gasteiger partial charge on any atom is 0.257 e. The summed E-state index contributed by atoms with van der Waals surface area (Å²) in [4.78, 5) is 23.5. The molecule has 2 amide bonds. The molecular weight excluding hydrogens is 282 g/mol. The number of carbonyl (C=O) groups is 2. The SMILES string of the molecule is CCCNC(=O)c1ccc(N)c(OCC(=O)NCC(C)C)c1. The van der Waals surface area contributed by atoms with E-state index in [1.54, 1.807) is 18.2 Å². The Morgan fingerprint density at radius 2 is 2.00 bits per heavy atom. The molecule has 0 aliphatic heterocycles. The maximum absolute atomic E-state index is 11.9. The summed E-state index contributed by atoms with van der Waals surface area (Å²) in [5.74, 6) is 0.313. The van der Waals surface area contributed by atoms with Crippen molar-refractivity contribution in [3.05, 3.63) is 23.8 Å². The van der Waals surface area contributed by atoms with Crippen LogP contribution in [-0.2, 0) is 4.79 Å². The fourth-order valence-electron chi connectivity index (χ4n) is 1.65. The molecule has 0 saturated carbocycles. The Labute approximate surface area is 131 Å². The van der Waals surface area contributed by atoms with Crippen molar-refractivity contribution < 1.29 is 14.3 Å². The van der Waals surface area contributed by atoms with Gasteiger partial charge in [-0.2, -0.15) is 0 Å². The molecular formula is C16H25N3O3. The molecule has 4 N–H and O–H groups in total. The second-order valence-corrected chi connectivity index (χ2v) is 5.50. The fraction of sp³-hybridized carbons (Fsp3) is 0.500. The second kappa shape index (κ2) is 8.92. The summed E-state index contributed by atoms with van der Waals surface area (Å²) in [5.41, 5.74) is 6.66. The topological polar surface area (TPSA) is 93.5 Å². The molecule has 6 nitrogen and oxygen atoms in total. The number of nitrogens with two attached hydrogens (primary N) is 1. The average molecular weight is 307 g/mol. The zero-order valence-corrected chi connectivity index (χ0v) is 13.4. The van der Waals surface area contributed by atoms with E-state index in [-0.39, 0.29) is 18.4 Å². The van der Waals surface area contributed by atoms with Crippen molar-refractivity contribution in [2.45, 2.75) is 27.2 Å². The van der Waals surface area contributed by atoms with Gasteiger partial charge in [0.15, 0.2) is 6.61 Å². The molecule has 0 atom stereocenters. The predicted molar refractivity (Wildman–Crippen MR) is 86.8 cm³/mol. The normalized spacial score (nSPS) is 10.4. The van der Waals surface area contributed by atoms with Crippen LogP contribution in [0.4, 0.5) is 5.69 Å². The third-order valence-electron chi connectivity index (χ3n) is 2.88. The monoisotopic (exact) mass is 307 g/mol. The first-order chi connectivity index (χ1) is 10.4. The van der Waals surface area contributed by atoms with E-state index in [0.717, 1.165) is 6.42 Å². The van der Waals surface area contributed by atoms with Crippen LogP contribution in [0.15, 0.2) is 18.2 Å². The fourth-order valence-corrected chi connectivity index (χ4v) is 1.65. The van der Waals surface area contributed by atoms with E-state index in [0.29, 0.717) is 36.0 Å². The molecule has 0 bridgehead atoms. The van der Waals surface area contributed by atoms with Gasteiger partial charge in [-0.25, -0.2) is 0 Å². The van der Waals surface area contributed by atoms with E-state index in [1.807, 2.05) is 20.8 Å². The smallest absolute Gasteiger partial charge is 0.257 e. The van der Waals surface area contributed by atoms with Gasteiger partial charge in [-0.1, -0.05) is 20.8 Å². The van der Waals surface area contributed by atoms with E-state index in [4.69, 9.17) is 10.5 Å². The van der Waals surface area contributed by atoms with Gasteiger partial charge in [0.05, 0.1) is 5.69 Å². The van der Waals surface area contributed by atoms with Gasteiger partial charge >= 0.3 is 0 Å². The summed E-state index contributed by atoms with van der Waals surface area (Å²) in [6.45, 7) is 7.08. The van der Waals surface area contributed by atoms with Gasteiger partial charge in [-0.05, 0) is 30.5 Å². The number of nitrogens with one attached hydrogen (secondary N) is 2. The lowest BCUT2D eigenvalue weighted by molar-refractivity contribution is -0.123. The van der Waals surface area contributed by atoms with E-state index < -0.39 is 0 Å². The number of benzene rings is 1. The van der Waals surface area contributed by atoms with Crippen molar-refractivity contribution in [1.82, 2.24) is 10.6 Å². The van der Waals surface area contributed by atoms with E-state index in [2.05, 4.69) is 10.6 Å². The summed E-state index contributed by atoms with van der Waals surface area (Å²) < 4.78 is 5.41. The number of hydrogen-bond donors (Lipinski definition) is 3. The van der Waals surface area contributed by atoms with Crippen molar-refractivity contribution in [1.29, 1.82) is 0 Å². The van der Waals surface area contributed by atoms with Crippen molar-refractivity contribution >= 4 is 17.5 Å². The Morgan fingerprint density at radius 1 is 1.27 bits per heavy atom. The number of carbonyl (C=O) groups excluding carboxylic acids is 2. The third kappa shape index (κ3) is 6.03. The van der Waals surface area contributed by atoms with Crippen LogP contribution in [0.2, 0.25) is 0 Å². The van der Waals surface area contributed by atoms with Crippen molar-refractivity contribution in [2.75, 3.05) is 25.4 Å². The lowest BCUT2D eigenvalue weighted by atomic mass is 10.1. The highest BCUT2D eigenvalue weighted by Gasteiger charge is 2.10. The van der Waals surface area contributed by atoms with Gasteiger partial charge < -0.3 is 21.1 Å². The molecule has 0 spiro atoms. The van der Waals surface area contributed by atoms with Crippen LogP contribution < -0.4 is 21.1 Å². The molecule has 0 saturated heterocycles. The highest BCUT2D eigenvalue weighted by atomic mass is 16.5. The Morgan fingerprint density at radius 3 is 2.64 bits per heavy atom. The molecule has 122 valence electrons. The third-order valence-corrected chi connectivity index (χ3v) is 2.88. The summed E-state index contributed by atoms with van der Waals surface area (Å²) in [6.07, 6.45) is 0.861. The molecule has 0 unspecified atom stereocenters. The number of hydrogen-bond acceptors (Lipinski definition) is 4. The van der Waals surface area contributed by atoms with E-state index >= 15 is 0 Å². The Hall–Kier alpha value is -2.24. The quantitative estimate of drug-likeness (QED) is 0.635. The molecule has 22 heavy (non-hydrogen) atoms. The number of anilines is 1. The van der Waals surface area contributed by atoms with Crippen LogP contribution in [0.5, 0.6) is 5.75 Å². The molecule has 0 fully saturated rings. The van der Waals surface area contributed by atoms with Gasteiger partial charge in [0, 0.05) is 18.7 Å². The average Bonchev–Trinajstić information content (AvgIpc) is 2.49. The lowest BCUT2D eigenvalue weighted by Crippen LogP contribution is -2.31. The zero-order chi connectivity index (χ0) is 16.5. The predicted octanol–water partition coefficient (Wildman–Crippen LogP) is 1.56. The van der Waals surface area contributed by atoms with Crippen molar-refractivity contribution in [2.24, 2.45) is 5.92 Å². The maximum atomic E-state index is 11.9. The molecule has 1 aromatic rings. The molecule has 1 rings (SSSR count). The van der Waals surface area contributed by atoms with Crippen LogP contribution in [0, 0.1) is 5.92 Å². The van der Waals surface area contributed by atoms with Gasteiger partial charge in [0.2, 0.25) is 0 Å². The molecule has 0 aliphatic rings. The van der Waals surface area contributed by atoms with Gasteiger partial charge in [0.25, 0.3) is 11.8 Å². The van der Waals surface area contributed by atoms with E-state index in [1.165, 1.54) is 0 Å². The lowest BCUT2D eigenvalue weighted by Gasteiger charge is -2.12.